The summed E-state index contributed by atoms with van der Waals surface area (Å²) in [7, 11) is 1.37. The number of halogens is 3. The number of benzene rings is 1. The number of hydrogen-bond donors (Lipinski definition) is 3. The summed E-state index contributed by atoms with van der Waals surface area (Å²) in [5.41, 5.74) is -0.0748. The third kappa shape index (κ3) is 9.32. The molecule has 1 fully saturated rings. The van der Waals surface area contributed by atoms with Crippen LogP contribution in [0.3, 0.4) is 0 Å². The van der Waals surface area contributed by atoms with Crippen LogP contribution in [0.15, 0.2) is 30.5 Å². The summed E-state index contributed by atoms with van der Waals surface area (Å²) in [6.07, 6.45) is 1.05. The van der Waals surface area contributed by atoms with Crippen LogP contribution in [0.5, 0.6) is 5.75 Å². The van der Waals surface area contributed by atoms with E-state index in [0.29, 0.717) is 31.3 Å². The first kappa shape index (κ1) is 28.9. The zero-order valence-electron chi connectivity index (χ0n) is 20.9. The van der Waals surface area contributed by atoms with E-state index in [1.807, 2.05) is 0 Å². The zero-order valence-corrected chi connectivity index (χ0v) is 20.9. The van der Waals surface area contributed by atoms with Gasteiger partial charge in [0, 0.05) is 31.1 Å². The van der Waals surface area contributed by atoms with Gasteiger partial charge < -0.3 is 25.4 Å². The van der Waals surface area contributed by atoms with E-state index in [2.05, 4.69) is 35.4 Å². The van der Waals surface area contributed by atoms with Gasteiger partial charge in [-0.15, -0.1) is 13.2 Å². The molecule has 1 heterocycles. The smallest absolute Gasteiger partial charge is 0.469 e. The molecule has 1 aliphatic rings. The number of methoxy groups -OCH3 is 1. The number of carbonyl (C=O) groups excluding carboxylic acids is 1. The van der Waals surface area contributed by atoms with Gasteiger partial charge in [-0.25, -0.2) is 4.98 Å². The van der Waals surface area contributed by atoms with Crippen LogP contribution in [0.2, 0.25) is 0 Å². The summed E-state index contributed by atoms with van der Waals surface area (Å²) in [4.78, 5) is 30.2. The minimum Gasteiger partial charge on any atom is -0.469 e. The average Bonchev–Trinajstić information content (AvgIpc) is 2.89. The Morgan fingerprint density at radius 1 is 1.18 bits per heavy atom. The van der Waals surface area contributed by atoms with E-state index in [4.69, 9.17) is 0 Å². The maximum Gasteiger partial charge on any atom is 0.573 e. The van der Waals surface area contributed by atoms with Crippen molar-refractivity contribution in [3.8, 4) is 5.75 Å². The number of nitrogens with one attached hydrogen (secondary N) is 3. The molecule has 0 saturated heterocycles. The van der Waals surface area contributed by atoms with E-state index >= 15 is 0 Å². The van der Waals surface area contributed by atoms with Gasteiger partial charge >= 0.3 is 18.0 Å². The number of ether oxygens (including phenoxy) is 2. The lowest BCUT2D eigenvalue weighted by Crippen LogP contribution is -2.35. The van der Waals surface area contributed by atoms with E-state index in [1.165, 1.54) is 25.3 Å². The van der Waals surface area contributed by atoms with Crippen molar-refractivity contribution in [1.29, 1.82) is 0 Å². The van der Waals surface area contributed by atoms with Gasteiger partial charge in [-0.3, -0.25) is 14.9 Å². The molecular formula is C24H31F3N6O5. The number of carbonyl (C=O) groups is 1. The van der Waals surface area contributed by atoms with Gasteiger partial charge in [0.05, 0.1) is 12.0 Å². The standard InChI is InChI=1S/C24H31F3N6O5/c1-37-21(34)7-4-12-28-18-10-8-16(9-11-18)13-29-22-19(33(35)36)15-31-23(32-22)30-14-17-5-2-3-6-20(17)38-24(25,26)27/h2-3,5-6,15-16,18,28H,4,7-14H2,1H3,(H2,29,30,31,32). The lowest BCUT2D eigenvalue weighted by Gasteiger charge is -2.29. The van der Waals surface area contributed by atoms with Crippen molar-refractivity contribution >= 4 is 23.4 Å². The molecule has 0 atom stereocenters. The Labute approximate surface area is 217 Å². The third-order valence-corrected chi connectivity index (χ3v) is 6.22. The van der Waals surface area contributed by atoms with Crippen LogP contribution in [-0.2, 0) is 16.1 Å². The Kier molecular flexibility index (Phi) is 10.4. The lowest BCUT2D eigenvalue weighted by molar-refractivity contribution is -0.384. The number of hydrogen-bond acceptors (Lipinski definition) is 10. The molecule has 11 nitrogen and oxygen atoms in total. The predicted octanol–water partition coefficient (Wildman–Crippen LogP) is 4.41. The Balaban J connectivity index is 1.52. The first-order valence-corrected chi connectivity index (χ1v) is 12.3. The van der Waals surface area contributed by atoms with Gasteiger partial charge in [0.2, 0.25) is 11.8 Å². The first-order chi connectivity index (χ1) is 18.1. The van der Waals surface area contributed by atoms with Crippen molar-refractivity contribution in [3.05, 3.63) is 46.1 Å². The first-order valence-electron chi connectivity index (χ1n) is 12.3. The number of esters is 1. The van der Waals surface area contributed by atoms with E-state index in [-0.39, 0.29) is 41.3 Å². The summed E-state index contributed by atoms with van der Waals surface area (Å²) < 4.78 is 46.7. The van der Waals surface area contributed by atoms with E-state index in [0.717, 1.165) is 38.4 Å². The average molecular weight is 541 g/mol. The quantitative estimate of drug-likeness (QED) is 0.145. The fraction of sp³-hybridized carbons (Fsp3) is 0.542. The molecule has 0 radical (unpaired) electrons. The summed E-state index contributed by atoms with van der Waals surface area (Å²) in [6, 6.07) is 6.00. The number of para-hydroxylation sites is 1. The molecule has 1 aromatic carbocycles. The fourth-order valence-electron chi connectivity index (χ4n) is 4.23. The fourth-order valence-corrected chi connectivity index (χ4v) is 4.23. The third-order valence-electron chi connectivity index (χ3n) is 6.22. The molecule has 208 valence electrons. The van der Waals surface area contributed by atoms with Gasteiger partial charge in [-0.05, 0) is 50.6 Å². The van der Waals surface area contributed by atoms with Crippen LogP contribution in [0.4, 0.5) is 30.6 Å². The molecule has 1 aliphatic carbocycles. The van der Waals surface area contributed by atoms with Crippen LogP contribution in [0.25, 0.3) is 0 Å². The van der Waals surface area contributed by atoms with Crippen molar-refractivity contribution in [1.82, 2.24) is 15.3 Å². The Morgan fingerprint density at radius 2 is 1.92 bits per heavy atom. The number of rotatable bonds is 13. The topological polar surface area (TPSA) is 141 Å². The lowest BCUT2D eigenvalue weighted by atomic mass is 9.86. The van der Waals surface area contributed by atoms with E-state index in [1.54, 1.807) is 6.07 Å². The van der Waals surface area contributed by atoms with E-state index < -0.39 is 11.3 Å². The maximum absolute atomic E-state index is 12.7. The minimum absolute atomic E-state index is 0.0276. The molecule has 0 bridgehead atoms. The zero-order chi connectivity index (χ0) is 27.5. The molecule has 3 N–H and O–H groups in total. The molecule has 0 aliphatic heterocycles. The second-order valence-electron chi connectivity index (χ2n) is 8.93. The number of aromatic nitrogens is 2. The Bertz CT molecular complexity index is 1080. The number of nitrogens with zero attached hydrogens (tertiary/aromatic N) is 3. The second-order valence-corrected chi connectivity index (χ2v) is 8.93. The SMILES string of the molecule is COC(=O)CCCNC1CCC(CNc2nc(NCc3ccccc3OC(F)(F)F)ncc2[N+](=O)[O-])CC1. The number of nitro groups is 1. The number of alkyl halides is 3. The van der Waals surface area contributed by atoms with Crippen molar-refractivity contribution < 1.29 is 32.4 Å². The van der Waals surface area contributed by atoms with Crippen LogP contribution in [0.1, 0.15) is 44.1 Å². The van der Waals surface area contributed by atoms with Gasteiger partial charge in [0.1, 0.15) is 11.9 Å². The molecule has 0 unspecified atom stereocenters. The molecular weight excluding hydrogens is 509 g/mol. The second kappa shape index (κ2) is 13.7. The molecule has 1 saturated carbocycles. The van der Waals surface area contributed by atoms with Crippen molar-refractivity contribution in [2.24, 2.45) is 5.92 Å². The van der Waals surface area contributed by atoms with Gasteiger partial charge in [0.25, 0.3) is 0 Å². The predicted molar refractivity (Wildman–Crippen MR) is 133 cm³/mol. The highest BCUT2D eigenvalue weighted by atomic mass is 19.4. The highest BCUT2D eigenvalue weighted by Gasteiger charge is 2.32. The monoisotopic (exact) mass is 540 g/mol. The van der Waals surface area contributed by atoms with E-state index in [9.17, 15) is 28.1 Å². The summed E-state index contributed by atoms with van der Waals surface area (Å²) in [5.74, 6) is -0.226. The van der Waals surface area contributed by atoms with Crippen molar-refractivity contribution in [2.45, 2.75) is 57.5 Å². The summed E-state index contributed by atoms with van der Waals surface area (Å²) in [6.45, 7) is 1.13. The van der Waals surface area contributed by atoms with Crippen molar-refractivity contribution in [2.75, 3.05) is 30.8 Å². The normalized spacial score (nSPS) is 17.5. The molecule has 1 aromatic heterocycles. The maximum atomic E-state index is 12.7. The van der Waals surface area contributed by atoms with Crippen LogP contribution < -0.4 is 20.7 Å². The highest BCUT2D eigenvalue weighted by molar-refractivity contribution is 5.69. The van der Waals surface area contributed by atoms with Gasteiger partial charge in [0.15, 0.2) is 0 Å². The molecule has 14 heteroatoms. The molecule has 2 aromatic rings. The van der Waals surface area contributed by atoms with Gasteiger partial charge in [-0.2, -0.15) is 4.98 Å². The van der Waals surface area contributed by atoms with Crippen LogP contribution in [0, 0.1) is 16.0 Å². The summed E-state index contributed by atoms with van der Waals surface area (Å²) in [5, 5.41) is 20.8. The Morgan fingerprint density at radius 3 is 2.61 bits per heavy atom. The van der Waals surface area contributed by atoms with Gasteiger partial charge in [-0.1, -0.05) is 18.2 Å². The molecule has 38 heavy (non-hydrogen) atoms. The molecule has 0 spiro atoms. The molecule has 0 amide bonds. The van der Waals surface area contributed by atoms with Crippen molar-refractivity contribution in [3.63, 3.8) is 0 Å². The highest BCUT2D eigenvalue weighted by Crippen LogP contribution is 2.29. The Hall–Kier alpha value is -3.68. The number of anilines is 2. The summed E-state index contributed by atoms with van der Waals surface area (Å²) >= 11 is 0. The minimum atomic E-state index is -4.84. The largest absolute Gasteiger partial charge is 0.573 e. The van der Waals surface area contributed by atoms with Crippen LogP contribution in [-0.4, -0.2) is 53.5 Å². The van der Waals surface area contributed by atoms with Crippen LogP contribution >= 0.6 is 0 Å². The molecule has 3 rings (SSSR count).